The van der Waals surface area contributed by atoms with Crippen molar-refractivity contribution in [1.29, 1.82) is 0 Å². The fourth-order valence-corrected chi connectivity index (χ4v) is 1.85. The highest BCUT2D eigenvalue weighted by atomic mass is 16.2. The van der Waals surface area contributed by atoms with Gasteiger partial charge in [-0.25, -0.2) is 0 Å². The number of amides is 1. The average molecular weight is 247 g/mol. The quantitative estimate of drug-likeness (QED) is 0.869. The average Bonchev–Trinajstić information content (AvgIpc) is 2.91. The predicted molar refractivity (Wildman–Crippen MR) is 66.7 cm³/mol. The van der Waals surface area contributed by atoms with Gasteiger partial charge in [-0.15, -0.1) is 0 Å². The molecule has 0 saturated carbocycles. The Kier molecular flexibility index (Phi) is 3.45. The van der Waals surface area contributed by atoms with Gasteiger partial charge >= 0.3 is 0 Å². The highest BCUT2D eigenvalue weighted by Gasteiger charge is 2.14. The van der Waals surface area contributed by atoms with Gasteiger partial charge in [-0.1, -0.05) is 0 Å². The minimum Gasteiger partial charge on any atom is -0.348 e. The monoisotopic (exact) mass is 247 g/mol. The van der Waals surface area contributed by atoms with Crippen LogP contribution >= 0.6 is 0 Å². The van der Waals surface area contributed by atoms with E-state index >= 15 is 0 Å². The van der Waals surface area contributed by atoms with Crippen LogP contribution in [0.1, 0.15) is 24.2 Å². The van der Waals surface area contributed by atoms with Crippen LogP contribution in [-0.4, -0.2) is 25.5 Å². The molecular weight excluding hydrogens is 230 g/mol. The summed E-state index contributed by atoms with van der Waals surface area (Å²) in [6, 6.07) is 1.74. The highest BCUT2D eigenvalue weighted by Crippen LogP contribution is 2.15. The Hall–Kier alpha value is -2.11. The Bertz CT molecular complexity index is 529. The topological polar surface area (TPSA) is 64.7 Å². The molecule has 2 heterocycles. The molecule has 0 spiro atoms. The van der Waals surface area contributed by atoms with Gasteiger partial charge in [0.1, 0.15) is 6.54 Å². The van der Waals surface area contributed by atoms with E-state index in [0.29, 0.717) is 0 Å². The minimum atomic E-state index is -0.0607. The number of carbonyl (C=O) groups excluding carboxylic acids is 1. The Morgan fingerprint density at radius 2 is 2.28 bits per heavy atom. The van der Waals surface area contributed by atoms with Gasteiger partial charge in [-0.3, -0.25) is 14.2 Å². The summed E-state index contributed by atoms with van der Waals surface area (Å²) in [4.78, 5) is 11.8. The van der Waals surface area contributed by atoms with Gasteiger partial charge in [0.2, 0.25) is 5.91 Å². The molecule has 0 aliphatic rings. The van der Waals surface area contributed by atoms with E-state index in [1.165, 1.54) is 0 Å². The van der Waals surface area contributed by atoms with Crippen molar-refractivity contribution < 1.29 is 4.79 Å². The van der Waals surface area contributed by atoms with Crippen molar-refractivity contribution in [2.75, 3.05) is 0 Å². The summed E-state index contributed by atoms with van der Waals surface area (Å²) in [6.07, 6.45) is 5.20. The van der Waals surface area contributed by atoms with E-state index < -0.39 is 0 Å². The maximum Gasteiger partial charge on any atom is 0.242 e. The molecule has 0 saturated heterocycles. The SMILES string of the molecule is Cc1c(C(C)NC(=O)Cn2cccn2)cnn1C. The molecule has 96 valence electrons. The molecule has 1 atom stereocenters. The van der Waals surface area contributed by atoms with Crippen molar-refractivity contribution in [1.82, 2.24) is 24.9 Å². The van der Waals surface area contributed by atoms with Crippen LogP contribution in [0, 0.1) is 6.92 Å². The first kappa shape index (κ1) is 12.3. The van der Waals surface area contributed by atoms with Crippen molar-refractivity contribution in [2.45, 2.75) is 26.4 Å². The number of rotatable bonds is 4. The van der Waals surface area contributed by atoms with Crippen LogP contribution in [0.25, 0.3) is 0 Å². The van der Waals surface area contributed by atoms with Crippen molar-refractivity contribution in [2.24, 2.45) is 7.05 Å². The van der Waals surface area contributed by atoms with E-state index in [9.17, 15) is 4.79 Å². The summed E-state index contributed by atoms with van der Waals surface area (Å²) < 4.78 is 3.39. The largest absolute Gasteiger partial charge is 0.348 e. The van der Waals surface area contributed by atoms with Crippen LogP contribution < -0.4 is 5.32 Å². The third-order valence-corrected chi connectivity index (χ3v) is 2.98. The Morgan fingerprint density at radius 3 is 2.83 bits per heavy atom. The molecule has 1 unspecified atom stereocenters. The smallest absolute Gasteiger partial charge is 0.242 e. The molecule has 6 nitrogen and oxygen atoms in total. The number of hydrogen-bond donors (Lipinski definition) is 1. The molecule has 1 N–H and O–H groups in total. The molecule has 0 aliphatic carbocycles. The van der Waals surface area contributed by atoms with Crippen molar-refractivity contribution >= 4 is 5.91 Å². The zero-order valence-corrected chi connectivity index (χ0v) is 10.8. The Labute approximate surface area is 106 Å². The lowest BCUT2D eigenvalue weighted by atomic mass is 10.1. The maximum atomic E-state index is 11.8. The summed E-state index contributed by atoms with van der Waals surface area (Å²) in [5.41, 5.74) is 2.09. The molecule has 0 aliphatic heterocycles. The maximum absolute atomic E-state index is 11.8. The van der Waals surface area contributed by atoms with E-state index in [2.05, 4.69) is 15.5 Å². The summed E-state index contributed by atoms with van der Waals surface area (Å²) in [5, 5.41) is 11.1. The van der Waals surface area contributed by atoms with Gasteiger partial charge < -0.3 is 5.32 Å². The molecule has 6 heteroatoms. The van der Waals surface area contributed by atoms with E-state index in [1.54, 1.807) is 34.0 Å². The third-order valence-electron chi connectivity index (χ3n) is 2.98. The summed E-state index contributed by atoms with van der Waals surface area (Å²) >= 11 is 0. The van der Waals surface area contributed by atoms with Crippen molar-refractivity contribution in [3.63, 3.8) is 0 Å². The lowest BCUT2D eigenvalue weighted by Gasteiger charge is -2.13. The van der Waals surface area contributed by atoms with Crippen LogP contribution in [0.5, 0.6) is 0 Å². The van der Waals surface area contributed by atoms with E-state index in [1.807, 2.05) is 20.9 Å². The van der Waals surface area contributed by atoms with Crippen LogP contribution in [0.3, 0.4) is 0 Å². The van der Waals surface area contributed by atoms with Gasteiger partial charge in [0.15, 0.2) is 0 Å². The second-order valence-electron chi connectivity index (χ2n) is 4.30. The normalized spacial score (nSPS) is 12.4. The number of aryl methyl sites for hydroxylation is 1. The number of aromatic nitrogens is 4. The fourth-order valence-electron chi connectivity index (χ4n) is 1.85. The molecule has 2 aromatic heterocycles. The predicted octanol–water partition coefficient (Wildman–Crippen LogP) is 0.802. The van der Waals surface area contributed by atoms with Gasteiger partial charge in [0, 0.05) is 30.7 Å². The number of nitrogens with one attached hydrogen (secondary N) is 1. The molecule has 0 aromatic carbocycles. The molecule has 0 radical (unpaired) electrons. The van der Waals surface area contributed by atoms with Crippen LogP contribution in [0.2, 0.25) is 0 Å². The zero-order valence-electron chi connectivity index (χ0n) is 10.8. The second-order valence-corrected chi connectivity index (χ2v) is 4.30. The van der Waals surface area contributed by atoms with Crippen molar-refractivity contribution in [3.8, 4) is 0 Å². The first-order valence-corrected chi connectivity index (χ1v) is 5.83. The van der Waals surface area contributed by atoms with Crippen molar-refractivity contribution in [3.05, 3.63) is 35.9 Å². The van der Waals surface area contributed by atoms with Crippen LogP contribution in [0.4, 0.5) is 0 Å². The van der Waals surface area contributed by atoms with E-state index in [4.69, 9.17) is 0 Å². The number of carbonyl (C=O) groups is 1. The summed E-state index contributed by atoms with van der Waals surface area (Å²) in [6.45, 7) is 4.17. The molecule has 2 aromatic rings. The summed E-state index contributed by atoms with van der Waals surface area (Å²) in [5.74, 6) is -0.0607. The van der Waals surface area contributed by atoms with Crippen LogP contribution in [-0.2, 0) is 18.4 Å². The van der Waals surface area contributed by atoms with Gasteiger partial charge in [0.25, 0.3) is 0 Å². The van der Waals surface area contributed by atoms with E-state index in [0.717, 1.165) is 11.3 Å². The lowest BCUT2D eigenvalue weighted by molar-refractivity contribution is -0.122. The number of nitrogens with zero attached hydrogens (tertiary/aromatic N) is 4. The molecule has 2 rings (SSSR count). The molecular formula is C12H17N5O. The minimum absolute atomic E-state index is 0.0539. The zero-order chi connectivity index (χ0) is 13.1. The van der Waals surface area contributed by atoms with Gasteiger partial charge in [-0.05, 0) is 19.9 Å². The molecule has 1 amide bonds. The number of hydrogen-bond acceptors (Lipinski definition) is 3. The lowest BCUT2D eigenvalue weighted by Crippen LogP contribution is -2.30. The standard InChI is InChI=1S/C12H17N5O/c1-9(11-7-14-16(3)10(11)2)15-12(18)8-17-6-4-5-13-17/h4-7,9H,8H2,1-3H3,(H,15,18). The Morgan fingerprint density at radius 1 is 1.50 bits per heavy atom. The fraction of sp³-hybridized carbons (Fsp3) is 0.417. The van der Waals surface area contributed by atoms with Crippen LogP contribution in [0.15, 0.2) is 24.7 Å². The Balaban J connectivity index is 1.97. The molecule has 0 fully saturated rings. The second kappa shape index (κ2) is 5.03. The third kappa shape index (κ3) is 2.58. The first-order valence-electron chi connectivity index (χ1n) is 5.83. The van der Waals surface area contributed by atoms with Gasteiger partial charge in [0.05, 0.1) is 12.2 Å². The highest BCUT2D eigenvalue weighted by molar-refractivity contribution is 5.76. The summed E-state index contributed by atoms with van der Waals surface area (Å²) in [7, 11) is 1.89. The molecule has 18 heavy (non-hydrogen) atoms. The van der Waals surface area contributed by atoms with Gasteiger partial charge in [-0.2, -0.15) is 10.2 Å². The first-order chi connectivity index (χ1) is 8.58. The van der Waals surface area contributed by atoms with E-state index in [-0.39, 0.29) is 18.5 Å². The molecule has 0 bridgehead atoms.